The van der Waals surface area contributed by atoms with Gasteiger partial charge in [-0.05, 0) is 33.6 Å². The van der Waals surface area contributed by atoms with Crippen molar-refractivity contribution in [2.75, 3.05) is 6.61 Å². The molecule has 21 heavy (non-hydrogen) atoms. The minimum atomic E-state index is -3.00. The molecular formula is C15H22F2N2O2. The van der Waals surface area contributed by atoms with Crippen molar-refractivity contribution in [1.29, 1.82) is 0 Å². The Bertz CT molecular complexity index is 573. The van der Waals surface area contributed by atoms with Crippen LogP contribution in [0.1, 0.15) is 69.2 Å². The number of hydrogen-bond donors (Lipinski definition) is 0. The Labute approximate surface area is 123 Å². The van der Waals surface area contributed by atoms with E-state index in [0.29, 0.717) is 5.56 Å². The number of alkyl halides is 2. The standard InChI is InChI=1S/C15H22F2N2O2/c1-7-21-13(20)11-10-8(2)9(3)15(16,17)12(10)19(18-11)14(4,5)6/h8-9H,7H2,1-6H3/t8-,9+/m0/s1. The van der Waals surface area contributed by atoms with Gasteiger partial charge in [0.05, 0.1) is 12.1 Å². The van der Waals surface area contributed by atoms with Crippen LogP contribution in [0.4, 0.5) is 8.78 Å². The molecule has 1 aliphatic rings. The molecule has 0 unspecified atom stereocenters. The second-order valence-corrected chi connectivity index (χ2v) is 6.61. The third-order valence-electron chi connectivity index (χ3n) is 4.12. The molecule has 0 spiro atoms. The molecule has 6 heteroatoms. The fourth-order valence-corrected chi connectivity index (χ4v) is 2.80. The second-order valence-electron chi connectivity index (χ2n) is 6.61. The molecule has 0 saturated carbocycles. The summed E-state index contributed by atoms with van der Waals surface area (Å²) < 4.78 is 35.5. The average Bonchev–Trinajstić information content (AvgIpc) is 2.83. The van der Waals surface area contributed by atoms with E-state index in [0.717, 1.165) is 0 Å². The van der Waals surface area contributed by atoms with Gasteiger partial charge in [0.1, 0.15) is 5.69 Å². The van der Waals surface area contributed by atoms with Gasteiger partial charge in [0.25, 0.3) is 5.92 Å². The normalized spacial score (nSPS) is 24.0. The first kappa shape index (κ1) is 15.9. The lowest BCUT2D eigenvalue weighted by molar-refractivity contribution is -0.0614. The quantitative estimate of drug-likeness (QED) is 0.783. The first-order valence-electron chi connectivity index (χ1n) is 7.22. The van der Waals surface area contributed by atoms with Crippen molar-refractivity contribution in [3.63, 3.8) is 0 Å². The van der Waals surface area contributed by atoms with Crippen molar-refractivity contribution in [1.82, 2.24) is 9.78 Å². The van der Waals surface area contributed by atoms with Crippen LogP contribution >= 0.6 is 0 Å². The number of aromatic nitrogens is 2. The molecule has 1 aliphatic carbocycles. The van der Waals surface area contributed by atoms with Crippen molar-refractivity contribution in [2.24, 2.45) is 5.92 Å². The molecule has 1 heterocycles. The summed E-state index contributed by atoms with van der Waals surface area (Å²) in [5, 5.41) is 4.16. The molecule has 0 radical (unpaired) electrons. The van der Waals surface area contributed by atoms with E-state index in [2.05, 4.69) is 5.10 Å². The minimum Gasteiger partial charge on any atom is -0.461 e. The zero-order chi connectivity index (χ0) is 16.2. The topological polar surface area (TPSA) is 44.1 Å². The molecule has 1 aromatic heterocycles. The van der Waals surface area contributed by atoms with Crippen molar-refractivity contribution < 1.29 is 18.3 Å². The largest absolute Gasteiger partial charge is 0.461 e. The monoisotopic (exact) mass is 300 g/mol. The van der Waals surface area contributed by atoms with E-state index in [1.807, 2.05) is 0 Å². The highest BCUT2D eigenvalue weighted by Crippen LogP contribution is 2.54. The lowest BCUT2D eigenvalue weighted by atomic mass is 9.94. The molecule has 0 amide bonds. The maximum absolute atomic E-state index is 14.6. The van der Waals surface area contributed by atoms with E-state index in [1.165, 1.54) is 11.6 Å². The number of nitrogens with zero attached hydrogens (tertiary/aromatic N) is 2. The molecular weight excluding hydrogens is 278 g/mol. The van der Waals surface area contributed by atoms with E-state index in [9.17, 15) is 13.6 Å². The molecule has 0 saturated heterocycles. The number of carbonyl (C=O) groups excluding carboxylic acids is 1. The smallest absolute Gasteiger partial charge is 0.359 e. The third kappa shape index (κ3) is 2.24. The Kier molecular flexibility index (Phi) is 3.62. The average molecular weight is 300 g/mol. The van der Waals surface area contributed by atoms with Gasteiger partial charge < -0.3 is 4.74 Å². The minimum absolute atomic E-state index is 0.0262. The Morgan fingerprint density at radius 3 is 2.43 bits per heavy atom. The Hall–Kier alpha value is -1.46. The van der Waals surface area contributed by atoms with Crippen molar-refractivity contribution in [3.8, 4) is 0 Å². The summed E-state index contributed by atoms with van der Waals surface area (Å²) in [6, 6.07) is 0. The van der Waals surface area contributed by atoms with Gasteiger partial charge in [-0.15, -0.1) is 0 Å². The number of carbonyl (C=O) groups is 1. The number of esters is 1. The van der Waals surface area contributed by atoms with Gasteiger partial charge in [0, 0.05) is 11.5 Å². The van der Waals surface area contributed by atoms with Gasteiger partial charge in [-0.2, -0.15) is 13.9 Å². The maximum Gasteiger partial charge on any atom is 0.359 e. The van der Waals surface area contributed by atoms with Crippen LogP contribution in [0, 0.1) is 5.92 Å². The lowest BCUT2D eigenvalue weighted by Gasteiger charge is -2.26. The molecule has 0 aliphatic heterocycles. The zero-order valence-corrected chi connectivity index (χ0v) is 13.3. The summed E-state index contributed by atoms with van der Waals surface area (Å²) in [7, 11) is 0. The molecule has 1 aromatic rings. The molecule has 0 fully saturated rings. The predicted molar refractivity (Wildman–Crippen MR) is 74.7 cm³/mol. The van der Waals surface area contributed by atoms with Crippen molar-refractivity contribution in [2.45, 2.75) is 58.9 Å². The first-order chi connectivity index (χ1) is 9.53. The molecule has 4 nitrogen and oxygen atoms in total. The molecule has 0 bridgehead atoms. The maximum atomic E-state index is 14.6. The highest BCUT2D eigenvalue weighted by Gasteiger charge is 2.56. The van der Waals surface area contributed by atoms with E-state index < -0.39 is 29.3 Å². The van der Waals surface area contributed by atoms with Crippen LogP contribution in [0.25, 0.3) is 0 Å². The molecule has 0 N–H and O–H groups in total. The van der Waals surface area contributed by atoms with Crippen molar-refractivity contribution in [3.05, 3.63) is 17.0 Å². The summed E-state index contributed by atoms with van der Waals surface area (Å²) in [5.74, 6) is -4.94. The Balaban J connectivity index is 2.72. The third-order valence-corrected chi connectivity index (χ3v) is 4.12. The summed E-state index contributed by atoms with van der Waals surface area (Å²) in [6.07, 6.45) is 0. The number of hydrogen-bond acceptors (Lipinski definition) is 3. The summed E-state index contributed by atoms with van der Waals surface area (Å²) >= 11 is 0. The fraction of sp³-hybridized carbons (Fsp3) is 0.733. The predicted octanol–water partition coefficient (Wildman–Crippen LogP) is 3.66. The van der Waals surface area contributed by atoms with Gasteiger partial charge >= 0.3 is 5.97 Å². The number of ether oxygens (including phenoxy) is 1. The second kappa shape index (κ2) is 4.78. The van der Waals surface area contributed by atoms with Gasteiger partial charge in [-0.3, -0.25) is 4.68 Å². The van der Waals surface area contributed by atoms with Crippen molar-refractivity contribution >= 4 is 5.97 Å². The van der Waals surface area contributed by atoms with E-state index in [4.69, 9.17) is 4.74 Å². The number of halogens is 2. The van der Waals surface area contributed by atoms with Crippen LogP contribution in [0.15, 0.2) is 0 Å². The van der Waals surface area contributed by atoms with E-state index in [-0.39, 0.29) is 18.0 Å². The van der Waals surface area contributed by atoms with Crippen LogP contribution in [0.2, 0.25) is 0 Å². The summed E-state index contributed by atoms with van der Waals surface area (Å²) in [5.41, 5.74) is -0.417. The van der Waals surface area contributed by atoms with Gasteiger partial charge in [-0.25, -0.2) is 4.79 Å². The van der Waals surface area contributed by atoms with Crippen LogP contribution in [0.3, 0.4) is 0 Å². The van der Waals surface area contributed by atoms with E-state index >= 15 is 0 Å². The van der Waals surface area contributed by atoms with Crippen LogP contribution in [0.5, 0.6) is 0 Å². The molecule has 2 atom stereocenters. The zero-order valence-electron chi connectivity index (χ0n) is 13.3. The molecule has 0 aromatic carbocycles. The van der Waals surface area contributed by atoms with Crippen LogP contribution < -0.4 is 0 Å². The highest BCUT2D eigenvalue weighted by atomic mass is 19.3. The van der Waals surface area contributed by atoms with E-state index in [1.54, 1.807) is 34.6 Å². The lowest BCUT2D eigenvalue weighted by Crippen LogP contribution is -2.31. The summed E-state index contributed by atoms with van der Waals surface area (Å²) in [4.78, 5) is 12.1. The van der Waals surface area contributed by atoms with Crippen LogP contribution in [-0.4, -0.2) is 22.4 Å². The summed E-state index contributed by atoms with van der Waals surface area (Å²) in [6.45, 7) is 10.5. The highest BCUT2D eigenvalue weighted by molar-refractivity contribution is 5.90. The molecule has 118 valence electrons. The van der Waals surface area contributed by atoms with Gasteiger partial charge in [0.15, 0.2) is 5.69 Å². The first-order valence-corrected chi connectivity index (χ1v) is 7.22. The Morgan fingerprint density at radius 1 is 1.38 bits per heavy atom. The van der Waals surface area contributed by atoms with Gasteiger partial charge in [-0.1, -0.05) is 13.8 Å². The fourth-order valence-electron chi connectivity index (χ4n) is 2.80. The van der Waals surface area contributed by atoms with Gasteiger partial charge in [0.2, 0.25) is 0 Å². The SMILES string of the molecule is CCOC(=O)c1nn(C(C)(C)C)c2c1[C@@H](C)[C@@H](C)C2(F)F. The molecule has 2 rings (SSSR count). The van der Waals surface area contributed by atoms with Crippen LogP contribution in [-0.2, 0) is 16.2 Å². The number of rotatable bonds is 2. The number of fused-ring (bicyclic) bond motifs is 1. The Morgan fingerprint density at radius 2 is 1.95 bits per heavy atom.